The summed E-state index contributed by atoms with van der Waals surface area (Å²) in [6, 6.07) is 4.19. The van der Waals surface area contributed by atoms with E-state index in [0.29, 0.717) is 18.5 Å². The zero-order valence-corrected chi connectivity index (χ0v) is 14.7. The molecule has 24 heavy (non-hydrogen) atoms. The van der Waals surface area contributed by atoms with Crippen molar-refractivity contribution >= 4 is 11.7 Å². The van der Waals surface area contributed by atoms with Gasteiger partial charge in [-0.25, -0.2) is 0 Å². The summed E-state index contributed by atoms with van der Waals surface area (Å²) in [5, 5.41) is 4.42. The minimum absolute atomic E-state index is 0.0213. The Kier molecular flexibility index (Phi) is 4.30. The number of hydrogen-bond donors (Lipinski definition) is 0. The maximum Gasteiger partial charge on any atom is 0.225 e. The van der Waals surface area contributed by atoms with Crippen molar-refractivity contribution in [3.63, 3.8) is 0 Å². The van der Waals surface area contributed by atoms with Gasteiger partial charge < -0.3 is 9.47 Å². The fourth-order valence-electron chi connectivity index (χ4n) is 3.69. The third-order valence-corrected chi connectivity index (χ3v) is 4.93. The van der Waals surface area contributed by atoms with Crippen molar-refractivity contribution in [1.29, 1.82) is 0 Å². The van der Waals surface area contributed by atoms with Crippen LogP contribution in [0.4, 0.5) is 0 Å². The van der Waals surface area contributed by atoms with Gasteiger partial charge in [0.2, 0.25) is 5.91 Å². The van der Waals surface area contributed by atoms with Gasteiger partial charge in [-0.3, -0.25) is 14.3 Å². The van der Waals surface area contributed by atoms with Gasteiger partial charge in [-0.1, -0.05) is 0 Å². The standard InChI is InChI=1S/C18H24N4O2/c1-12-18(15(4)23)14(3)22(19-12)9-7-17(24)21-11-10-20-8-5-6-16(20)13(21)2/h5-6,8,13H,7,9-11H2,1-4H3. The predicted octanol–water partition coefficient (Wildman–Crippen LogP) is 2.50. The van der Waals surface area contributed by atoms with Gasteiger partial charge in [-0.15, -0.1) is 0 Å². The molecule has 1 atom stereocenters. The number of nitrogens with zero attached hydrogens (tertiary/aromatic N) is 4. The molecule has 0 spiro atoms. The van der Waals surface area contributed by atoms with E-state index in [1.165, 1.54) is 5.69 Å². The maximum absolute atomic E-state index is 12.7. The second-order valence-corrected chi connectivity index (χ2v) is 6.46. The summed E-state index contributed by atoms with van der Waals surface area (Å²) in [7, 11) is 0. The van der Waals surface area contributed by atoms with E-state index in [1.54, 1.807) is 11.6 Å². The Bertz CT molecular complexity index is 787. The Morgan fingerprint density at radius 2 is 2.04 bits per heavy atom. The average Bonchev–Trinajstić information content (AvgIpc) is 3.10. The molecule has 0 N–H and O–H groups in total. The van der Waals surface area contributed by atoms with Gasteiger partial charge in [0, 0.05) is 43.6 Å². The number of carbonyl (C=O) groups is 2. The van der Waals surface area contributed by atoms with Crippen LogP contribution in [0.1, 0.15) is 53.7 Å². The molecule has 1 amide bonds. The number of aromatic nitrogens is 3. The first-order valence-corrected chi connectivity index (χ1v) is 8.39. The molecule has 1 unspecified atom stereocenters. The molecule has 0 saturated carbocycles. The molecular weight excluding hydrogens is 304 g/mol. The van der Waals surface area contributed by atoms with E-state index in [9.17, 15) is 9.59 Å². The molecular formula is C18H24N4O2. The molecule has 6 nitrogen and oxygen atoms in total. The van der Waals surface area contributed by atoms with Gasteiger partial charge >= 0.3 is 0 Å². The van der Waals surface area contributed by atoms with Gasteiger partial charge in [-0.2, -0.15) is 5.10 Å². The molecule has 6 heteroatoms. The molecule has 0 bridgehead atoms. The van der Waals surface area contributed by atoms with Crippen molar-refractivity contribution in [2.45, 2.75) is 53.2 Å². The Hall–Kier alpha value is -2.37. The molecule has 0 aliphatic carbocycles. The molecule has 0 saturated heterocycles. The number of hydrogen-bond acceptors (Lipinski definition) is 3. The number of amides is 1. The first kappa shape index (κ1) is 16.5. The minimum Gasteiger partial charge on any atom is -0.348 e. The van der Waals surface area contributed by atoms with E-state index in [1.807, 2.05) is 24.8 Å². The van der Waals surface area contributed by atoms with Crippen LogP contribution in [-0.4, -0.2) is 37.5 Å². The topological polar surface area (TPSA) is 60.1 Å². The number of Topliss-reactive ketones (excluding diaryl/α,β-unsaturated/α-hetero) is 1. The van der Waals surface area contributed by atoms with Gasteiger partial charge in [0.15, 0.2) is 5.78 Å². The van der Waals surface area contributed by atoms with E-state index >= 15 is 0 Å². The van der Waals surface area contributed by atoms with E-state index < -0.39 is 0 Å². The molecule has 0 radical (unpaired) electrons. The van der Waals surface area contributed by atoms with Crippen molar-refractivity contribution in [1.82, 2.24) is 19.2 Å². The Morgan fingerprint density at radius 1 is 1.29 bits per heavy atom. The molecule has 2 aromatic heterocycles. The predicted molar refractivity (Wildman–Crippen MR) is 90.9 cm³/mol. The van der Waals surface area contributed by atoms with Gasteiger partial charge in [0.05, 0.1) is 17.3 Å². The number of ketones is 1. The van der Waals surface area contributed by atoms with E-state index in [2.05, 4.69) is 28.9 Å². The lowest BCUT2D eigenvalue weighted by molar-refractivity contribution is -0.134. The number of carbonyl (C=O) groups excluding carboxylic acids is 2. The molecule has 128 valence electrons. The summed E-state index contributed by atoms with van der Waals surface area (Å²) in [6.07, 6.45) is 2.46. The first-order chi connectivity index (χ1) is 11.4. The van der Waals surface area contributed by atoms with Crippen LogP contribution in [0, 0.1) is 13.8 Å². The van der Waals surface area contributed by atoms with Crippen LogP contribution in [0.15, 0.2) is 18.3 Å². The third kappa shape index (κ3) is 2.77. The SMILES string of the molecule is CC(=O)c1c(C)nn(CCC(=O)N2CCn3cccc3C2C)c1C. The quantitative estimate of drug-likeness (QED) is 0.810. The summed E-state index contributed by atoms with van der Waals surface area (Å²) in [5.74, 6) is 0.153. The summed E-state index contributed by atoms with van der Waals surface area (Å²) < 4.78 is 3.98. The fraction of sp³-hybridized carbons (Fsp3) is 0.500. The highest BCUT2D eigenvalue weighted by molar-refractivity contribution is 5.96. The highest BCUT2D eigenvalue weighted by Crippen LogP contribution is 2.26. The first-order valence-electron chi connectivity index (χ1n) is 8.39. The monoisotopic (exact) mass is 328 g/mol. The molecule has 1 aliphatic rings. The average molecular weight is 328 g/mol. The lowest BCUT2D eigenvalue weighted by atomic mass is 10.1. The van der Waals surface area contributed by atoms with Crippen molar-refractivity contribution in [3.05, 3.63) is 41.0 Å². The number of fused-ring (bicyclic) bond motifs is 1. The molecule has 2 aromatic rings. The fourth-order valence-corrected chi connectivity index (χ4v) is 3.69. The Balaban J connectivity index is 1.69. The second kappa shape index (κ2) is 6.26. The normalized spacial score (nSPS) is 17.0. The van der Waals surface area contributed by atoms with Gasteiger partial charge in [-0.05, 0) is 39.8 Å². The molecule has 3 rings (SSSR count). The van der Waals surface area contributed by atoms with Crippen molar-refractivity contribution in [2.24, 2.45) is 0 Å². The highest BCUT2D eigenvalue weighted by Gasteiger charge is 2.27. The summed E-state index contributed by atoms with van der Waals surface area (Å²) in [6.45, 7) is 9.42. The minimum atomic E-state index is 0.0213. The van der Waals surface area contributed by atoms with Gasteiger partial charge in [0.1, 0.15) is 0 Å². The van der Waals surface area contributed by atoms with Crippen LogP contribution >= 0.6 is 0 Å². The molecule has 3 heterocycles. The smallest absolute Gasteiger partial charge is 0.225 e. The Labute approximate surface area is 142 Å². The van der Waals surface area contributed by atoms with Crippen LogP contribution in [0.25, 0.3) is 0 Å². The van der Waals surface area contributed by atoms with E-state index in [-0.39, 0.29) is 17.7 Å². The van der Waals surface area contributed by atoms with Crippen LogP contribution in [-0.2, 0) is 17.9 Å². The van der Waals surface area contributed by atoms with Crippen molar-refractivity contribution in [3.8, 4) is 0 Å². The number of rotatable bonds is 4. The summed E-state index contributed by atoms with van der Waals surface area (Å²) >= 11 is 0. The van der Waals surface area contributed by atoms with Crippen molar-refractivity contribution in [2.75, 3.05) is 6.54 Å². The second-order valence-electron chi connectivity index (χ2n) is 6.46. The number of aryl methyl sites for hydroxylation is 2. The molecule has 0 fully saturated rings. The summed E-state index contributed by atoms with van der Waals surface area (Å²) in [5.41, 5.74) is 3.43. The zero-order valence-electron chi connectivity index (χ0n) is 14.7. The van der Waals surface area contributed by atoms with E-state index in [0.717, 1.165) is 24.5 Å². The molecule has 1 aliphatic heterocycles. The lowest BCUT2D eigenvalue weighted by Gasteiger charge is -2.35. The Morgan fingerprint density at radius 3 is 2.71 bits per heavy atom. The van der Waals surface area contributed by atoms with Crippen molar-refractivity contribution < 1.29 is 9.59 Å². The summed E-state index contributed by atoms with van der Waals surface area (Å²) in [4.78, 5) is 26.3. The highest BCUT2D eigenvalue weighted by atomic mass is 16.2. The largest absolute Gasteiger partial charge is 0.348 e. The van der Waals surface area contributed by atoms with Crippen LogP contribution < -0.4 is 0 Å². The third-order valence-electron chi connectivity index (χ3n) is 4.93. The van der Waals surface area contributed by atoms with Gasteiger partial charge in [0.25, 0.3) is 0 Å². The maximum atomic E-state index is 12.7. The lowest BCUT2D eigenvalue weighted by Crippen LogP contribution is -2.41. The van der Waals surface area contributed by atoms with Crippen LogP contribution in [0.3, 0.4) is 0 Å². The molecule has 0 aromatic carbocycles. The van der Waals surface area contributed by atoms with Crippen LogP contribution in [0.2, 0.25) is 0 Å². The van der Waals surface area contributed by atoms with Crippen LogP contribution in [0.5, 0.6) is 0 Å². The van der Waals surface area contributed by atoms with E-state index in [4.69, 9.17) is 0 Å². The zero-order chi connectivity index (χ0) is 17.4.